The highest BCUT2D eigenvalue weighted by Crippen LogP contribution is 2.32. The number of halogens is 1. The summed E-state index contributed by atoms with van der Waals surface area (Å²) in [7, 11) is 0. The SMILES string of the molecule is Cc1cc(Br)cc2[nH]c(C3CCSC3)nc12. The number of fused-ring (bicyclic) bond motifs is 1. The van der Waals surface area contributed by atoms with Crippen LogP contribution in [-0.4, -0.2) is 21.5 Å². The van der Waals surface area contributed by atoms with Gasteiger partial charge in [0, 0.05) is 16.1 Å². The number of aromatic nitrogens is 2. The Labute approximate surface area is 107 Å². The molecule has 1 saturated heterocycles. The van der Waals surface area contributed by atoms with Gasteiger partial charge >= 0.3 is 0 Å². The molecule has 1 aromatic carbocycles. The van der Waals surface area contributed by atoms with Crippen LogP contribution in [0.5, 0.6) is 0 Å². The highest BCUT2D eigenvalue weighted by molar-refractivity contribution is 9.10. The predicted octanol–water partition coefficient (Wildman–Crippen LogP) is 3.85. The highest BCUT2D eigenvalue weighted by atomic mass is 79.9. The number of nitrogens with one attached hydrogen (secondary N) is 1. The fraction of sp³-hybridized carbons (Fsp3) is 0.417. The van der Waals surface area contributed by atoms with Gasteiger partial charge in [0.1, 0.15) is 5.82 Å². The van der Waals surface area contributed by atoms with Crippen molar-refractivity contribution >= 4 is 38.7 Å². The summed E-state index contributed by atoms with van der Waals surface area (Å²) < 4.78 is 1.12. The van der Waals surface area contributed by atoms with Gasteiger partial charge in [-0.2, -0.15) is 11.8 Å². The first kappa shape index (κ1) is 10.7. The minimum Gasteiger partial charge on any atom is -0.342 e. The molecule has 1 aromatic heterocycles. The first-order chi connectivity index (χ1) is 7.74. The molecule has 0 aliphatic carbocycles. The number of H-pyrrole nitrogens is 1. The van der Waals surface area contributed by atoms with Gasteiger partial charge < -0.3 is 4.98 Å². The van der Waals surface area contributed by atoms with Crippen molar-refractivity contribution in [2.75, 3.05) is 11.5 Å². The van der Waals surface area contributed by atoms with E-state index in [1.807, 2.05) is 11.8 Å². The maximum absolute atomic E-state index is 4.75. The summed E-state index contributed by atoms with van der Waals surface area (Å²) in [6.45, 7) is 2.11. The predicted molar refractivity (Wildman–Crippen MR) is 73.2 cm³/mol. The normalized spacial score (nSPS) is 20.8. The van der Waals surface area contributed by atoms with Crippen molar-refractivity contribution in [2.45, 2.75) is 19.3 Å². The molecule has 84 valence electrons. The summed E-state index contributed by atoms with van der Waals surface area (Å²) >= 11 is 5.55. The van der Waals surface area contributed by atoms with Crippen LogP contribution in [-0.2, 0) is 0 Å². The number of aryl methyl sites for hydroxylation is 1. The molecule has 2 heterocycles. The Morgan fingerprint density at radius 2 is 2.38 bits per heavy atom. The topological polar surface area (TPSA) is 28.7 Å². The lowest BCUT2D eigenvalue weighted by Gasteiger charge is -2.01. The van der Waals surface area contributed by atoms with E-state index in [1.165, 1.54) is 29.3 Å². The van der Waals surface area contributed by atoms with E-state index in [0.29, 0.717) is 5.92 Å². The zero-order valence-corrected chi connectivity index (χ0v) is 11.5. The van der Waals surface area contributed by atoms with E-state index in [4.69, 9.17) is 4.98 Å². The minimum absolute atomic E-state index is 0.621. The van der Waals surface area contributed by atoms with E-state index in [9.17, 15) is 0 Å². The van der Waals surface area contributed by atoms with Crippen LogP contribution in [0, 0.1) is 6.92 Å². The summed E-state index contributed by atoms with van der Waals surface area (Å²) in [6, 6.07) is 4.23. The maximum Gasteiger partial charge on any atom is 0.111 e. The summed E-state index contributed by atoms with van der Waals surface area (Å²) in [5.41, 5.74) is 3.51. The minimum atomic E-state index is 0.621. The van der Waals surface area contributed by atoms with Gasteiger partial charge in [0.2, 0.25) is 0 Å². The average molecular weight is 297 g/mol. The van der Waals surface area contributed by atoms with Crippen molar-refractivity contribution in [2.24, 2.45) is 0 Å². The Kier molecular flexibility index (Phi) is 2.72. The summed E-state index contributed by atoms with van der Waals surface area (Å²) in [5, 5.41) is 0. The largest absolute Gasteiger partial charge is 0.342 e. The van der Waals surface area contributed by atoms with Gasteiger partial charge in [-0.25, -0.2) is 4.98 Å². The van der Waals surface area contributed by atoms with Crippen molar-refractivity contribution in [1.29, 1.82) is 0 Å². The van der Waals surface area contributed by atoms with Gasteiger partial charge in [0.25, 0.3) is 0 Å². The van der Waals surface area contributed by atoms with Crippen molar-refractivity contribution in [3.05, 3.63) is 28.0 Å². The van der Waals surface area contributed by atoms with Gasteiger partial charge in [-0.15, -0.1) is 0 Å². The van der Waals surface area contributed by atoms with Gasteiger partial charge in [-0.05, 0) is 36.8 Å². The molecule has 0 spiro atoms. The lowest BCUT2D eigenvalue weighted by atomic mass is 10.1. The number of hydrogen-bond acceptors (Lipinski definition) is 2. The lowest BCUT2D eigenvalue weighted by Crippen LogP contribution is -1.98. The monoisotopic (exact) mass is 296 g/mol. The third-order valence-electron chi connectivity index (χ3n) is 3.08. The van der Waals surface area contributed by atoms with Crippen LogP contribution < -0.4 is 0 Å². The molecular formula is C12H13BrN2S. The second-order valence-electron chi connectivity index (χ2n) is 4.30. The molecule has 2 aromatic rings. The van der Waals surface area contributed by atoms with E-state index >= 15 is 0 Å². The molecule has 16 heavy (non-hydrogen) atoms. The van der Waals surface area contributed by atoms with Crippen molar-refractivity contribution < 1.29 is 0 Å². The van der Waals surface area contributed by atoms with Gasteiger partial charge in [-0.1, -0.05) is 15.9 Å². The zero-order chi connectivity index (χ0) is 11.1. The Morgan fingerprint density at radius 1 is 1.50 bits per heavy atom. The van der Waals surface area contributed by atoms with Gasteiger partial charge in [0.05, 0.1) is 11.0 Å². The van der Waals surface area contributed by atoms with Crippen LogP contribution >= 0.6 is 27.7 Å². The van der Waals surface area contributed by atoms with Gasteiger partial charge in [0.15, 0.2) is 0 Å². The van der Waals surface area contributed by atoms with Crippen molar-refractivity contribution in [1.82, 2.24) is 9.97 Å². The second-order valence-corrected chi connectivity index (χ2v) is 6.37. The Balaban J connectivity index is 2.11. The summed E-state index contributed by atoms with van der Waals surface area (Å²) in [5.74, 6) is 4.27. The number of hydrogen-bond donors (Lipinski definition) is 1. The van der Waals surface area contributed by atoms with E-state index in [1.54, 1.807) is 0 Å². The van der Waals surface area contributed by atoms with Crippen LogP contribution in [0.4, 0.5) is 0 Å². The molecule has 0 amide bonds. The number of imidazole rings is 1. The quantitative estimate of drug-likeness (QED) is 0.866. The Bertz CT molecular complexity index is 529. The number of thioether (sulfide) groups is 1. The number of benzene rings is 1. The maximum atomic E-state index is 4.75. The third-order valence-corrected chi connectivity index (χ3v) is 4.70. The molecule has 4 heteroatoms. The first-order valence-corrected chi connectivity index (χ1v) is 7.42. The van der Waals surface area contributed by atoms with Crippen LogP contribution in [0.25, 0.3) is 11.0 Å². The molecule has 1 aliphatic heterocycles. The molecule has 1 atom stereocenters. The fourth-order valence-electron chi connectivity index (χ4n) is 2.21. The molecule has 3 rings (SSSR count). The fourth-order valence-corrected chi connectivity index (χ4v) is 4.01. The first-order valence-electron chi connectivity index (χ1n) is 5.47. The van der Waals surface area contributed by atoms with Crippen molar-refractivity contribution in [3.63, 3.8) is 0 Å². The van der Waals surface area contributed by atoms with Crippen LogP contribution in [0.1, 0.15) is 23.7 Å². The Hall–Kier alpha value is -0.480. The molecule has 1 N–H and O–H groups in total. The van der Waals surface area contributed by atoms with Crippen LogP contribution in [0.15, 0.2) is 16.6 Å². The summed E-state index contributed by atoms with van der Waals surface area (Å²) in [6.07, 6.45) is 1.25. The molecular weight excluding hydrogens is 284 g/mol. The van der Waals surface area contributed by atoms with E-state index < -0.39 is 0 Å². The smallest absolute Gasteiger partial charge is 0.111 e. The van der Waals surface area contributed by atoms with E-state index in [-0.39, 0.29) is 0 Å². The molecule has 0 bridgehead atoms. The average Bonchev–Trinajstić information content (AvgIpc) is 2.82. The van der Waals surface area contributed by atoms with E-state index in [2.05, 4.69) is 40.0 Å². The second kappa shape index (κ2) is 4.08. The Morgan fingerprint density at radius 3 is 3.12 bits per heavy atom. The van der Waals surface area contributed by atoms with Crippen LogP contribution in [0.2, 0.25) is 0 Å². The standard InChI is InChI=1S/C12H13BrN2S/c1-7-4-9(13)5-10-11(7)15-12(14-10)8-2-3-16-6-8/h4-5,8H,2-3,6H2,1H3,(H,14,15). The molecule has 2 nitrogen and oxygen atoms in total. The number of aromatic amines is 1. The van der Waals surface area contributed by atoms with Crippen LogP contribution in [0.3, 0.4) is 0 Å². The molecule has 1 unspecified atom stereocenters. The lowest BCUT2D eigenvalue weighted by molar-refractivity contribution is 0.733. The number of nitrogens with zero attached hydrogens (tertiary/aromatic N) is 1. The molecule has 0 saturated carbocycles. The van der Waals surface area contributed by atoms with Crippen molar-refractivity contribution in [3.8, 4) is 0 Å². The number of rotatable bonds is 1. The zero-order valence-electron chi connectivity index (χ0n) is 9.09. The van der Waals surface area contributed by atoms with Gasteiger partial charge in [-0.3, -0.25) is 0 Å². The molecule has 0 radical (unpaired) electrons. The highest BCUT2D eigenvalue weighted by Gasteiger charge is 2.21. The molecule has 1 aliphatic rings. The summed E-state index contributed by atoms with van der Waals surface area (Å²) in [4.78, 5) is 8.21. The molecule has 1 fully saturated rings. The van der Waals surface area contributed by atoms with E-state index in [0.717, 1.165) is 15.5 Å². The third kappa shape index (κ3) is 1.78.